The summed E-state index contributed by atoms with van der Waals surface area (Å²) in [5.41, 5.74) is 10.9. The fourth-order valence-electron chi connectivity index (χ4n) is 3.38. The van der Waals surface area contributed by atoms with Crippen molar-refractivity contribution in [2.45, 2.75) is 32.6 Å². The highest BCUT2D eigenvalue weighted by Gasteiger charge is 2.25. The van der Waals surface area contributed by atoms with E-state index in [2.05, 4.69) is 15.3 Å². The van der Waals surface area contributed by atoms with Gasteiger partial charge in [0.15, 0.2) is 0 Å². The molecule has 6 nitrogen and oxygen atoms in total. The Labute approximate surface area is 157 Å². The van der Waals surface area contributed by atoms with E-state index in [0.717, 1.165) is 34.1 Å². The van der Waals surface area contributed by atoms with E-state index < -0.39 is 0 Å². The standard InChI is InChI=1S/C21H22N4O2/c1-2-19(26)25-21-23-17-9-8-13(11-18(17)24-21)14-4-3-5-15(20(22)27)16(14)10-12-6-7-12/h3-5,8-9,11-12H,2,6-7,10H2,1H3,(H2,22,27)(H2,23,24,25,26). The molecule has 1 aliphatic carbocycles. The van der Waals surface area contributed by atoms with Crippen LogP contribution in [0, 0.1) is 5.92 Å². The number of benzene rings is 2. The van der Waals surface area contributed by atoms with E-state index in [1.165, 1.54) is 12.8 Å². The Morgan fingerprint density at radius 2 is 2.07 bits per heavy atom. The second-order valence-electron chi connectivity index (χ2n) is 7.06. The van der Waals surface area contributed by atoms with Crippen LogP contribution in [-0.4, -0.2) is 21.8 Å². The predicted octanol–water partition coefficient (Wildman–Crippen LogP) is 3.63. The number of nitrogens with one attached hydrogen (secondary N) is 2. The molecule has 1 fully saturated rings. The molecule has 138 valence electrons. The molecule has 0 atom stereocenters. The number of hydrogen-bond donors (Lipinski definition) is 3. The lowest BCUT2D eigenvalue weighted by Gasteiger charge is -2.13. The van der Waals surface area contributed by atoms with Crippen LogP contribution < -0.4 is 11.1 Å². The van der Waals surface area contributed by atoms with Crippen LogP contribution in [0.25, 0.3) is 22.2 Å². The molecule has 4 N–H and O–H groups in total. The molecule has 0 spiro atoms. The fraction of sp³-hybridized carbons (Fsp3) is 0.286. The number of imidazole rings is 1. The molecule has 0 radical (unpaired) electrons. The molecule has 0 bridgehead atoms. The molecule has 3 aromatic rings. The number of fused-ring (bicyclic) bond motifs is 1. The summed E-state index contributed by atoms with van der Waals surface area (Å²) in [5, 5.41) is 2.74. The third-order valence-corrected chi connectivity index (χ3v) is 5.00. The zero-order valence-electron chi connectivity index (χ0n) is 15.2. The van der Waals surface area contributed by atoms with E-state index in [1.54, 1.807) is 13.0 Å². The minimum Gasteiger partial charge on any atom is -0.366 e. The van der Waals surface area contributed by atoms with Crippen LogP contribution in [0.15, 0.2) is 36.4 Å². The van der Waals surface area contributed by atoms with Crippen molar-refractivity contribution in [2.75, 3.05) is 5.32 Å². The highest BCUT2D eigenvalue weighted by atomic mass is 16.2. The van der Waals surface area contributed by atoms with Gasteiger partial charge in [-0.25, -0.2) is 4.98 Å². The van der Waals surface area contributed by atoms with E-state index in [4.69, 9.17) is 5.73 Å². The Hall–Kier alpha value is -3.15. The molecule has 2 aromatic carbocycles. The summed E-state index contributed by atoms with van der Waals surface area (Å²) >= 11 is 0. The summed E-state index contributed by atoms with van der Waals surface area (Å²) in [7, 11) is 0. The SMILES string of the molecule is CCC(=O)Nc1nc2ccc(-c3cccc(C(N)=O)c3CC3CC3)cc2[nH]1. The Balaban J connectivity index is 1.76. The van der Waals surface area contributed by atoms with Crippen LogP contribution in [-0.2, 0) is 11.2 Å². The summed E-state index contributed by atoms with van der Waals surface area (Å²) in [6.07, 6.45) is 3.67. The van der Waals surface area contributed by atoms with Crippen LogP contribution in [0.1, 0.15) is 42.1 Å². The lowest BCUT2D eigenvalue weighted by Crippen LogP contribution is -2.14. The number of amides is 2. The monoisotopic (exact) mass is 362 g/mol. The van der Waals surface area contributed by atoms with E-state index in [1.807, 2.05) is 30.3 Å². The third kappa shape index (κ3) is 3.56. The molecule has 4 rings (SSSR count). The Bertz CT molecular complexity index is 1030. The quantitative estimate of drug-likeness (QED) is 0.624. The molecule has 0 unspecified atom stereocenters. The summed E-state index contributed by atoms with van der Waals surface area (Å²) in [6, 6.07) is 11.6. The number of primary amides is 1. The number of nitrogens with zero attached hydrogens (tertiary/aromatic N) is 1. The lowest BCUT2D eigenvalue weighted by molar-refractivity contribution is -0.115. The molecule has 0 aliphatic heterocycles. The zero-order valence-corrected chi connectivity index (χ0v) is 15.2. The second-order valence-corrected chi connectivity index (χ2v) is 7.06. The number of carbonyl (C=O) groups excluding carboxylic acids is 2. The van der Waals surface area contributed by atoms with Crippen LogP contribution in [0.5, 0.6) is 0 Å². The number of aromatic nitrogens is 2. The second kappa shape index (κ2) is 6.87. The topological polar surface area (TPSA) is 101 Å². The van der Waals surface area contributed by atoms with Crippen molar-refractivity contribution in [1.29, 1.82) is 0 Å². The first-order valence-corrected chi connectivity index (χ1v) is 9.27. The molecular weight excluding hydrogens is 340 g/mol. The van der Waals surface area contributed by atoms with Crippen molar-refractivity contribution in [3.8, 4) is 11.1 Å². The van der Waals surface area contributed by atoms with Gasteiger partial charge in [-0.1, -0.05) is 25.1 Å². The highest BCUT2D eigenvalue weighted by molar-refractivity contribution is 5.97. The van der Waals surface area contributed by atoms with Crippen molar-refractivity contribution >= 4 is 28.8 Å². The number of rotatable bonds is 6. The Morgan fingerprint density at radius 1 is 1.26 bits per heavy atom. The average Bonchev–Trinajstić information content (AvgIpc) is 3.38. The molecule has 1 heterocycles. The minimum absolute atomic E-state index is 0.0878. The largest absolute Gasteiger partial charge is 0.366 e. The average molecular weight is 362 g/mol. The van der Waals surface area contributed by atoms with Gasteiger partial charge in [0, 0.05) is 12.0 Å². The molecule has 1 aliphatic rings. The van der Waals surface area contributed by atoms with Crippen molar-refractivity contribution in [2.24, 2.45) is 11.7 Å². The molecular formula is C21H22N4O2. The summed E-state index contributed by atoms with van der Waals surface area (Å²) in [4.78, 5) is 31.1. The number of hydrogen-bond acceptors (Lipinski definition) is 3. The number of anilines is 1. The first-order chi connectivity index (χ1) is 13.0. The zero-order chi connectivity index (χ0) is 19.0. The van der Waals surface area contributed by atoms with Crippen LogP contribution in [0.3, 0.4) is 0 Å². The van der Waals surface area contributed by atoms with Gasteiger partial charge in [0.2, 0.25) is 17.8 Å². The van der Waals surface area contributed by atoms with Crippen LogP contribution in [0.2, 0.25) is 0 Å². The predicted molar refractivity (Wildman–Crippen MR) is 105 cm³/mol. The van der Waals surface area contributed by atoms with Gasteiger partial charge in [-0.3, -0.25) is 14.9 Å². The summed E-state index contributed by atoms with van der Waals surface area (Å²) in [6.45, 7) is 1.79. The lowest BCUT2D eigenvalue weighted by atomic mass is 9.91. The van der Waals surface area contributed by atoms with Crippen molar-refractivity contribution < 1.29 is 9.59 Å². The number of nitrogens with two attached hydrogens (primary N) is 1. The summed E-state index contributed by atoms with van der Waals surface area (Å²) in [5.74, 6) is 0.601. The maximum absolute atomic E-state index is 11.9. The van der Waals surface area contributed by atoms with Gasteiger partial charge in [-0.2, -0.15) is 0 Å². The molecule has 27 heavy (non-hydrogen) atoms. The molecule has 1 saturated carbocycles. The maximum Gasteiger partial charge on any atom is 0.248 e. The molecule has 2 amide bonds. The van der Waals surface area contributed by atoms with E-state index in [-0.39, 0.29) is 11.8 Å². The van der Waals surface area contributed by atoms with Crippen LogP contribution >= 0.6 is 0 Å². The third-order valence-electron chi connectivity index (χ3n) is 5.00. The maximum atomic E-state index is 11.9. The van der Waals surface area contributed by atoms with E-state index >= 15 is 0 Å². The normalized spacial score (nSPS) is 13.7. The van der Waals surface area contributed by atoms with Gasteiger partial charge in [0.1, 0.15) is 0 Å². The number of carbonyl (C=O) groups is 2. The number of aromatic amines is 1. The van der Waals surface area contributed by atoms with Gasteiger partial charge in [0.05, 0.1) is 11.0 Å². The first kappa shape index (κ1) is 17.3. The Kier molecular flexibility index (Phi) is 4.39. The molecule has 6 heteroatoms. The van der Waals surface area contributed by atoms with Crippen LogP contribution in [0.4, 0.5) is 5.95 Å². The van der Waals surface area contributed by atoms with E-state index in [9.17, 15) is 9.59 Å². The highest BCUT2D eigenvalue weighted by Crippen LogP contribution is 2.37. The minimum atomic E-state index is -0.389. The fourth-order valence-corrected chi connectivity index (χ4v) is 3.38. The number of H-pyrrole nitrogens is 1. The van der Waals surface area contributed by atoms with Gasteiger partial charge in [0.25, 0.3) is 0 Å². The van der Waals surface area contributed by atoms with Crippen molar-refractivity contribution in [1.82, 2.24) is 9.97 Å². The summed E-state index contributed by atoms with van der Waals surface area (Å²) < 4.78 is 0. The molecule has 1 aromatic heterocycles. The molecule has 0 saturated heterocycles. The van der Waals surface area contributed by atoms with Gasteiger partial charge < -0.3 is 10.7 Å². The first-order valence-electron chi connectivity index (χ1n) is 9.27. The van der Waals surface area contributed by atoms with Crippen molar-refractivity contribution in [3.05, 3.63) is 47.5 Å². The van der Waals surface area contributed by atoms with Gasteiger partial charge >= 0.3 is 0 Å². The van der Waals surface area contributed by atoms with E-state index in [0.29, 0.717) is 23.9 Å². The van der Waals surface area contributed by atoms with Gasteiger partial charge in [-0.05, 0) is 60.1 Å². The van der Waals surface area contributed by atoms with Crippen molar-refractivity contribution in [3.63, 3.8) is 0 Å². The smallest absolute Gasteiger partial charge is 0.248 e. The Morgan fingerprint density at radius 3 is 2.78 bits per heavy atom. The van der Waals surface area contributed by atoms with Gasteiger partial charge in [-0.15, -0.1) is 0 Å².